The number of carbonyl (C=O) groups excluding carboxylic acids is 1. The molecule has 1 aliphatic rings. The normalized spacial score (nSPS) is 14.5. The largest absolute Gasteiger partial charge is 0.474 e. The molecule has 0 bridgehead atoms. The predicted octanol–water partition coefficient (Wildman–Crippen LogP) is 3.17. The molecule has 3 rings (SSSR count). The Balaban J connectivity index is 1.44. The zero-order valence-corrected chi connectivity index (χ0v) is 14.6. The topological polar surface area (TPSA) is 76.1 Å². The van der Waals surface area contributed by atoms with E-state index in [2.05, 4.69) is 20.6 Å². The molecule has 6 nitrogen and oxygen atoms in total. The molecule has 0 atom stereocenters. The van der Waals surface area contributed by atoms with E-state index in [9.17, 15) is 4.79 Å². The number of rotatable bonds is 6. The van der Waals surface area contributed by atoms with E-state index in [0.717, 1.165) is 28.3 Å². The Kier molecular flexibility index (Phi) is 5.63. The first-order valence-electron chi connectivity index (χ1n) is 8.23. The number of pyridine rings is 1. The average molecular weight is 346 g/mol. The van der Waals surface area contributed by atoms with Gasteiger partial charge in [0.25, 0.3) is 0 Å². The monoisotopic (exact) mass is 346 g/mol. The number of aryl methyl sites for hydroxylation is 1. The van der Waals surface area contributed by atoms with Crippen LogP contribution in [0.5, 0.6) is 5.88 Å². The minimum Gasteiger partial charge on any atom is -0.474 e. The van der Waals surface area contributed by atoms with Gasteiger partial charge in [-0.15, -0.1) is 11.3 Å². The Morgan fingerprint density at radius 1 is 1.29 bits per heavy atom. The zero-order chi connectivity index (χ0) is 16.8. The van der Waals surface area contributed by atoms with Gasteiger partial charge in [-0.1, -0.05) is 0 Å². The molecule has 24 heavy (non-hydrogen) atoms. The Morgan fingerprint density at radius 3 is 2.83 bits per heavy atom. The average Bonchev–Trinajstić information content (AvgIpc) is 3.23. The van der Waals surface area contributed by atoms with E-state index < -0.39 is 0 Å². The highest BCUT2D eigenvalue weighted by Gasteiger charge is 2.17. The molecule has 1 fully saturated rings. The number of amides is 2. The Labute approximate surface area is 145 Å². The first kappa shape index (κ1) is 16.7. The van der Waals surface area contributed by atoms with Crippen LogP contribution >= 0.6 is 11.3 Å². The molecule has 128 valence electrons. The van der Waals surface area contributed by atoms with Gasteiger partial charge in [0, 0.05) is 29.9 Å². The molecule has 1 saturated carbocycles. The Hall–Kier alpha value is -2.15. The fraction of sp³-hybridized carbons (Fsp3) is 0.471. The van der Waals surface area contributed by atoms with Gasteiger partial charge in [0.1, 0.15) is 6.10 Å². The summed E-state index contributed by atoms with van der Waals surface area (Å²) in [6.07, 6.45) is 8.45. The van der Waals surface area contributed by atoms with Gasteiger partial charge in [0.05, 0.1) is 11.6 Å². The second-order valence-corrected chi connectivity index (χ2v) is 7.23. The smallest absolute Gasteiger partial charge is 0.315 e. The molecule has 0 radical (unpaired) electrons. The van der Waals surface area contributed by atoms with Gasteiger partial charge in [0.2, 0.25) is 5.88 Å². The molecule has 0 saturated heterocycles. The molecule has 0 aliphatic heterocycles. The molecule has 2 amide bonds. The van der Waals surface area contributed by atoms with Crippen molar-refractivity contribution < 1.29 is 9.53 Å². The summed E-state index contributed by atoms with van der Waals surface area (Å²) < 4.78 is 5.89. The highest BCUT2D eigenvalue weighted by atomic mass is 32.1. The maximum absolute atomic E-state index is 11.9. The van der Waals surface area contributed by atoms with E-state index in [4.69, 9.17) is 4.74 Å². The van der Waals surface area contributed by atoms with Crippen LogP contribution in [0.25, 0.3) is 0 Å². The summed E-state index contributed by atoms with van der Waals surface area (Å²) >= 11 is 1.58. The molecule has 2 aromatic heterocycles. The molecule has 2 aromatic rings. The number of nitrogens with one attached hydrogen (secondary N) is 2. The van der Waals surface area contributed by atoms with Crippen molar-refractivity contribution in [3.05, 3.63) is 40.0 Å². The maximum Gasteiger partial charge on any atom is 0.315 e. The van der Waals surface area contributed by atoms with E-state index >= 15 is 0 Å². The quantitative estimate of drug-likeness (QED) is 0.842. The standard InChI is InChI=1S/C17H22N4O2S/c1-12-19-10-15(24-12)11-21-17(22)20-9-13-6-7-18-16(8-13)23-14-4-2-3-5-14/h6-8,10,14H,2-5,9,11H2,1H3,(H2,20,21,22). The van der Waals surface area contributed by atoms with Crippen LogP contribution in [0.15, 0.2) is 24.5 Å². The van der Waals surface area contributed by atoms with Crippen LogP contribution in [0, 0.1) is 6.92 Å². The lowest BCUT2D eigenvalue weighted by Gasteiger charge is -2.13. The molecule has 0 spiro atoms. The van der Waals surface area contributed by atoms with Gasteiger partial charge >= 0.3 is 6.03 Å². The van der Waals surface area contributed by atoms with Crippen molar-refractivity contribution in [3.8, 4) is 5.88 Å². The zero-order valence-electron chi connectivity index (χ0n) is 13.7. The van der Waals surface area contributed by atoms with E-state index in [1.54, 1.807) is 23.7 Å². The van der Waals surface area contributed by atoms with E-state index in [1.165, 1.54) is 12.8 Å². The first-order chi connectivity index (χ1) is 11.7. The third-order valence-electron chi connectivity index (χ3n) is 3.93. The van der Waals surface area contributed by atoms with Crippen LogP contribution in [0.3, 0.4) is 0 Å². The van der Waals surface area contributed by atoms with E-state index in [0.29, 0.717) is 19.0 Å². The number of ether oxygens (including phenoxy) is 1. The number of hydrogen-bond donors (Lipinski definition) is 2. The van der Waals surface area contributed by atoms with Crippen molar-refractivity contribution in [2.75, 3.05) is 0 Å². The van der Waals surface area contributed by atoms with Crippen molar-refractivity contribution in [1.29, 1.82) is 0 Å². The summed E-state index contributed by atoms with van der Waals surface area (Å²) in [7, 11) is 0. The van der Waals surface area contributed by atoms with E-state index in [-0.39, 0.29) is 12.1 Å². The second-order valence-electron chi connectivity index (χ2n) is 5.91. The summed E-state index contributed by atoms with van der Waals surface area (Å²) in [4.78, 5) is 21.3. The first-order valence-corrected chi connectivity index (χ1v) is 9.05. The molecule has 7 heteroatoms. The predicted molar refractivity (Wildman–Crippen MR) is 93.0 cm³/mol. The molecule has 2 heterocycles. The molecule has 1 aliphatic carbocycles. The summed E-state index contributed by atoms with van der Waals surface area (Å²) in [5.74, 6) is 0.641. The number of carbonyl (C=O) groups is 1. The molecule has 0 aromatic carbocycles. The number of thiazole rings is 1. The van der Waals surface area contributed by atoms with Crippen LogP contribution in [-0.4, -0.2) is 22.1 Å². The summed E-state index contributed by atoms with van der Waals surface area (Å²) in [6, 6.07) is 3.58. The van der Waals surface area contributed by atoms with Crippen molar-refractivity contribution >= 4 is 17.4 Å². The van der Waals surface area contributed by atoms with Crippen LogP contribution in [0.4, 0.5) is 4.79 Å². The Bertz CT molecular complexity index is 683. The molecule has 2 N–H and O–H groups in total. The minimum atomic E-state index is -0.198. The van der Waals surface area contributed by atoms with Crippen LogP contribution in [0.2, 0.25) is 0 Å². The van der Waals surface area contributed by atoms with Crippen molar-refractivity contribution in [2.24, 2.45) is 0 Å². The number of urea groups is 1. The summed E-state index contributed by atoms with van der Waals surface area (Å²) in [5, 5.41) is 6.68. The van der Waals surface area contributed by atoms with Gasteiger partial charge in [-0.2, -0.15) is 0 Å². The van der Waals surface area contributed by atoms with Crippen LogP contribution in [-0.2, 0) is 13.1 Å². The lowest BCUT2D eigenvalue weighted by Crippen LogP contribution is -2.34. The SMILES string of the molecule is Cc1ncc(CNC(=O)NCc2ccnc(OC3CCCC3)c2)s1. The molecule has 0 unspecified atom stereocenters. The van der Waals surface area contributed by atoms with Crippen LogP contribution in [0.1, 0.15) is 41.1 Å². The van der Waals surface area contributed by atoms with Crippen molar-refractivity contribution in [1.82, 2.24) is 20.6 Å². The van der Waals surface area contributed by atoms with E-state index in [1.807, 2.05) is 19.1 Å². The highest BCUT2D eigenvalue weighted by molar-refractivity contribution is 7.11. The number of aromatic nitrogens is 2. The number of hydrogen-bond acceptors (Lipinski definition) is 5. The second kappa shape index (κ2) is 8.10. The lowest BCUT2D eigenvalue weighted by atomic mass is 10.2. The Morgan fingerprint density at radius 2 is 2.08 bits per heavy atom. The third kappa shape index (κ3) is 4.92. The minimum absolute atomic E-state index is 0.198. The fourth-order valence-corrected chi connectivity index (χ4v) is 3.44. The van der Waals surface area contributed by atoms with Gasteiger partial charge in [-0.3, -0.25) is 0 Å². The molecular weight excluding hydrogens is 324 g/mol. The van der Waals surface area contributed by atoms with Gasteiger partial charge in [0.15, 0.2) is 0 Å². The van der Waals surface area contributed by atoms with Gasteiger partial charge < -0.3 is 15.4 Å². The molecular formula is C17H22N4O2S. The number of nitrogens with zero attached hydrogens (tertiary/aromatic N) is 2. The summed E-state index contributed by atoms with van der Waals surface area (Å²) in [6.45, 7) is 2.88. The van der Waals surface area contributed by atoms with Crippen molar-refractivity contribution in [2.45, 2.75) is 51.8 Å². The third-order valence-corrected chi connectivity index (χ3v) is 4.85. The van der Waals surface area contributed by atoms with Crippen molar-refractivity contribution in [3.63, 3.8) is 0 Å². The maximum atomic E-state index is 11.9. The highest BCUT2D eigenvalue weighted by Crippen LogP contribution is 2.23. The summed E-state index contributed by atoms with van der Waals surface area (Å²) in [5.41, 5.74) is 0.974. The lowest BCUT2D eigenvalue weighted by molar-refractivity contribution is 0.201. The van der Waals surface area contributed by atoms with Gasteiger partial charge in [-0.05, 0) is 44.2 Å². The fourth-order valence-electron chi connectivity index (χ4n) is 2.70. The van der Waals surface area contributed by atoms with Crippen LogP contribution < -0.4 is 15.4 Å². The van der Waals surface area contributed by atoms with Gasteiger partial charge in [-0.25, -0.2) is 14.8 Å².